The number of fused-ring (bicyclic) bond motifs is 1. The minimum absolute atomic E-state index is 0.146. The van der Waals surface area contributed by atoms with E-state index in [9.17, 15) is 4.79 Å². The van der Waals surface area contributed by atoms with Crippen molar-refractivity contribution in [1.29, 1.82) is 5.26 Å². The van der Waals surface area contributed by atoms with Crippen LogP contribution in [-0.2, 0) is 11.4 Å². The van der Waals surface area contributed by atoms with E-state index in [1.54, 1.807) is 18.2 Å². The van der Waals surface area contributed by atoms with Crippen LogP contribution in [0.3, 0.4) is 0 Å². The van der Waals surface area contributed by atoms with E-state index in [1.807, 2.05) is 24.3 Å². The molecule has 0 aliphatic heterocycles. The fourth-order valence-electron chi connectivity index (χ4n) is 2.82. The van der Waals surface area contributed by atoms with Crippen molar-refractivity contribution in [2.45, 2.75) is 6.61 Å². The topological polar surface area (TPSA) is 85.3 Å². The first-order valence-corrected chi connectivity index (χ1v) is 9.21. The first-order chi connectivity index (χ1) is 13.5. The molecule has 0 saturated carbocycles. The number of carbonyl (C=O) groups is 1. The Bertz CT molecular complexity index is 1110. The van der Waals surface area contributed by atoms with E-state index in [0.717, 1.165) is 16.3 Å². The minimum Gasteiger partial charge on any atom is -0.493 e. The molecule has 2 N–H and O–H groups in total. The van der Waals surface area contributed by atoms with E-state index in [2.05, 4.69) is 34.1 Å². The number of primary amides is 1. The average Bonchev–Trinajstić information content (AvgIpc) is 2.71. The van der Waals surface area contributed by atoms with Gasteiger partial charge in [-0.25, -0.2) is 0 Å². The van der Waals surface area contributed by atoms with Crippen LogP contribution in [-0.4, -0.2) is 13.0 Å². The zero-order valence-electron chi connectivity index (χ0n) is 15.1. The lowest BCUT2D eigenvalue weighted by Crippen LogP contribution is -2.12. The van der Waals surface area contributed by atoms with E-state index in [-0.39, 0.29) is 5.57 Å². The third kappa shape index (κ3) is 4.16. The number of hydrogen-bond acceptors (Lipinski definition) is 4. The van der Waals surface area contributed by atoms with Gasteiger partial charge in [0.1, 0.15) is 18.2 Å². The van der Waals surface area contributed by atoms with E-state index >= 15 is 0 Å². The highest BCUT2D eigenvalue weighted by molar-refractivity contribution is 9.10. The number of hydrogen-bond donors (Lipinski definition) is 1. The van der Waals surface area contributed by atoms with Crippen LogP contribution in [0.1, 0.15) is 11.1 Å². The van der Waals surface area contributed by atoms with Gasteiger partial charge < -0.3 is 15.2 Å². The lowest BCUT2D eigenvalue weighted by atomic mass is 10.1. The van der Waals surface area contributed by atoms with Crippen molar-refractivity contribution in [2.24, 2.45) is 5.73 Å². The molecule has 0 spiro atoms. The molecule has 140 valence electrons. The Morgan fingerprint density at radius 3 is 2.64 bits per heavy atom. The Balaban J connectivity index is 1.91. The number of halogens is 1. The van der Waals surface area contributed by atoms with Gasteiger partial charge in [-0.05, 0) is 40.1 Å². The summed E-state index contributed by atoms with van der Waals surface area (Å²) < 4.78 is 12.1. The van der Waals surface area contributed by atoms with Gasteiger partial charge in [0.2, 0.25) is 0 Å². The summed E-state index contributed by atoms with van der Waals surface area (Å²) in [4.78, 5) is 11.3. The van der Waals surface area contributed by atoms with Crippen molar-refractivity contribution in [3.63, 3.8) is 0 Å². The summed E-state index contributed by atoms with van der Waals surface area (Å²) in [5.41, 5.74) is 6.70. The average molecular weight is 437 g/mol. The Kier molecular flexibility index (Phi) is 5.97. The van der Waals surface area contributed by atoms with Crippen LogP contribution >= 0.6 is 15.9 Å². The smallest absolute Gasteiger partial charge is 0.259 e. The molecule has 0 radical (unpaired) electrons. The molecule has 3 aromatic rings. The van der Waals surface area contributed by atoms with E-state index in [0.29, 0.717) is 28.1 Å². The van der Waals surface area contributed by atoms with Crippen molar-refractivity contribution in [3.05, 3.63) is 75.8 Å². The third-order valence-electron chi connectivity index (χ3n) is 4.23. The van der Waals surface area contributed by atoms with Crippen LogP contribution in [0.4, 0.5) is 0 Å². The Hall–Kier alpha value is -3.30. The largest absolute Gasteiger partial charge is 0.493 e. The number of nitriles is 1. The molecule has 0 atom stereocenters. The minimum atomic E-state index is -0.787. The summed E-state index contributed by atoms with van der Waals surface area (Å²) in [7, 11) is 1.53. The summed E-state index contributed by atoms with van der Waals surface area (Å²) in [6, 6.07) is 19.4. The zero-order chi connectivity index (χ0) is 20.1. The molecule has 5 nitrogen and oxygen atoms in total. The molecule has 0 unspecified atom stereocenters. The second-order valence-electron chi connectivity index (χ2n) is 5.99. The number of rotatable bonds is 6. The summed E-state index contributed by atoms with van der Waals surface area (Å²) in [5, 5.41) is 11.3. The van der Waals surface area contributed by atoms with Gasteiger partial charge in [-0.15, -0.1) is 0 Å². The van der Waals surface area contributed by atoms with Crippen molar-refractivity contribution in [2.75, 3.05) is 7.11 Å². The van der Waals surface area contributed by atoms with Gasteiger partial charge in [-0.3, -0.25) is 4.79 Å². The standard InChI is InChI=1S/C22H17BrN2O3/c1-27-20-10-16(9-17(12-24)22(25)26)19(23)11-21(20)28-13-15-7-4-6-14-5-2-3-8-18(14)15/h2-11H,13H2,1H3,(H2,25,26)/b17-9+. The molecule has 3 rings (SSSR count). The fourth-order valence-corrected chi connectivity index (χ4v) is 3.26. The molecule has 0 heterocycles. The van der Waals surface area contributed by atoms with E-state index in [4.69, 9.17) is 20.5 Å². The van der Waals surface area contributed by atoms with Crippen LogP contribution < -0.4 is 15.2 Å². The molecule has 0 aliphatic rings. The van der Waals surface area contributed by atoms with Gasteiger partial charge in [0.25, 0.3) is 5.91 Å². The molecule has 28 heavy (non-hydrogen) atoms. The molecule has 0 aliphatic carbocycles. The third-order valence-corrected chi connectivity index (χ3v) is 4.92. The Morgan fingerprint density at radius 1 is 1.18 bits per heavy atom. The number of amides is 1. The maximum absolute atomic E-state index is 11.3. The van der Waals surface area contributed by atoms with Crippen LogP contribution in [0.15, 0.2) is 64.6 Å². The number of nitrogens with zero attached hydrogens (tertiary/aromatic N) is 1. The lowest BCUT2D eigenvalue weighted by molar-refractivity contribution is -0.114. The maximum atomic E-state index is 11.3. The molecule has 6 heteroatoms. The molecular formula is C22H17BrN2O3. The second kappa shape index (κ2) is 8.59. The Labute approximate surface area is 171 Å². The SMILES string of the molecule is COc1cc(/C=C(\C#N)C(N)=O)c(Br)cc1OCc1cccc2ccccc12. The number of nitrogens with two attached hydrogens (primary N) is 1. The summed E-state index contributed by atoms with van der Waals surface area (Å²) >= 11 is 3.44. The number of carbonyl (C=O) groups excluding carboxylic acids is 1. The van der Waals surface area contributed by atoms with Crippen molar-refractivity contribution in [1.82, 2.24) is 0 Å². The quantitative estimate of drug-likeness (QED) is 0.452. The van der Waals surface area contributed by atoms with Crippen molar-refractivity contribution < 1.29 is 14.3 Å². The number of methoxy groups -OCH3 is 1. The summed E-state index contributed by atoms with van der Waals surface area (Å²) in [6.45, 7) is 0.365. The zero-order valence-corrected chi connectivity index (χ0v) is 16.7. The molecule has 0 saturated heterocycles. The molecule has 0 bridgehead atoms. The molecule has 1 amide bonds. The van der Waals surface area contributed by atoms with Gasteiger partial charge in [0.15, 0.2) is 11.5 Å². The normalized spacial score (nSPS) is 11.1. The molecule has 3 aromatic carbocycles. The van der Waals surface area contributed by atoms with E-state index < -0.39 is 5.91 Å². The van der Waals surface area contributed by atoms with Gasteiger partial charge in [-0.1, -0.05) is 58.4 Å². The molecule has 0 aromatic heterocycles. The summed E-state index contributed by atoms with van der Waals surface area (Å²) in [5.74, 6) is 0.234. The summed E-state index contributed by atoms with van der Waals surface area (Å²) in [6.07, 6.45) is 1.41. The van der Waals surface area contributed by atoms with E-state index in [1.165, 1.54) is 13.2 Å². The monoisotopic (exact) mass is 436 g/mol. The van der Waals surface area contributed by atoms with Gasteiger partial charge >= 0.3 is 0 Å². The van der Waals surface area contributed by atoms with Crippen LogP contribution in [0.5, 0.6) is 11.5 Å². The predicted octanol–water partition coefficient (Wildman–Crippen LogP) is 4.58. The first-order valence-electron chi connectivity index (χ1n) is 8.42. The Morgan fingerprint density at radius 2 is 1.93 bits per heavy atom. The fraction of sp³-hybridized carbons (Fsp3) is 0.0909. The van der Waals surface area contributed by atoms with Gasteiger partial charge in [0.05, 0.1) is 7.11 Å². The molecule has 0 fully saturated rings. The highest BCUT2D eigenvalue weighted by Gasteiger charge is 2.12. The van der Waals surface area contributed by atoms with Crippen LogP contribution in [0.25, 0.3) is 16.8 Å². The first kappa shape index (κ1) is 19.5. The second-order valence-corrected chi connectivity index (χ2v) is 6.84. The van der Waals surface area contributed by atoms with Crippen LogP contribution in [0, 0.1) is 11.3 Å². The number of benzene rings is 3. The molecular weight excluding hydrogens is 420 g/mol. The van der Waals surface area contributed by atoms with Gasteiger partial charge in [0, 0.05) is 4.47 Å². The van der Waals surface area contributed by atoms with Gasteiger partial charge in [-0.2, -0.15) is 5.26 Å². The maximum Gasteiger partial charge on any atom is 0.259 e. The van der Waals surface area contributed by atoms with Crippen molar-refractivity contribution >= 4 is 38.7 Å². The lowest BCUT2D eigenvalue weighted by Gasteiger charge is -2.14. The highest BCUT2D eigenvalue weighted by Crippen LogP contribution is 2.35. The van der Waals surface area contributed by atoms with Crippen LogP contribution in [0.2, 0.25) is 0 Å². The predicted molar refractivity (Wildman–Crippen MR) is 112 cm³/mol. The number of ether oxygens (including phenoxy) is 2. The highest BCUT2D eigenvalue weighted by atomic mass is 79.9. The van der Waals surface area contributed by atoms with Crippen molar-refractivity contribution in [3.8, 4) is 17.6 Å².